The predicted molar refractivity (Wildman–Crippen MR) is 296 cm³/mol. The second-order valence-electron chi connectivity index (χ2n) is 25.1. The van der Waals surface area contributed by atoms with Crippen LogP contribution < -0.4 is 15.7 Å². The molecule has 15 rings (SSSR count). The van der Waals surface area contributed by atoms with E-state index in [4.69, 9.17) is 4.42 Å². The van der Waals surface area contributed by atoms with Gasteiger partial charge in [-0.05, 0) is 155 Å². The first kappa shape index (κ1) is 41.0. The Morgan fingerprint density at radius 2 is 1.14 bits per heavy atom. The summed E-state index contributed by atoms with van der Waals surface area (Å²) in [6, 6.07) is 52.7. The normalized spacial score (nSPS) is 17.9. The molecule has 0 fully saturated rings. The monoisotopic (exact) mass is 906 g/mol. The SMILES string of the molecule is CC(C)(C)c1ccc(N2B3c4cc5c(cc4-n4c6ccc7c(c6c6ccc(c3c64)-c3cc4oc6cc8c(cc6c4cc32)C(C)(C)CCC8(C)C)-c2ccccc2C7(C)C)C(C)(C)c2ccccc2-5)cc1. The quantitative estimate of drug-likeness (QED) is 0.153. The molecule has 3 aliphatic carbocycles. The highest BCUT2D eigenvalue weighted by Gasteiger charge is 2.48. The number of benzene rings is 8. The molecule has 0 atom stereocenters. The van der Waals surface area contributed by atoms with Gasteiger partial charge >= 0.3 is 6.85 Å². The summed E-state index contributed by atoms with van der Waals surface area (Å²) < 4.78 is 9.78. The van der Waals surface area contributed by atoms with Crippen molar-refractivity contribution in [3.63, 3.8) is 0 Å². The van der Waals surface area contributed by atoms with Gasteiger partial charge in [0, 0.05) is 55.0 Å². The maximum Gasteiger partial charge on any atom is 0.333 e. The van der Waals surface area contributed by atoms with Crippen LogP contribution in [0.3, 0.4) is 0 Å². The van der Waals surface area contributed by atoms with Crippen molar-refractivity contribution in [3.8, 4) is 39.1 Å². The fraction of sp³-hybridized carbons (Fsp3) is 0.273. The smallest absolute Gasteiger partial charge is 0.333 e. The summed E-state index contributed by atoms with van der Waals surface area (Å²) in [6.45, 7) is 26.2. The third-order valence-electron chi connectivity index (χ3n) is 18.6. The van der Waals surface area contributed by atoms with Crippen LogP contribution in [0, 0.1) is 0 Å². The Balaban J connectivity index is 1.10. The molecule has 0 spiro atoms. The molecule has 0 saturated heterocycles. The molecule has 4 heterocycles. The van der Waals surface area contributed by atoms with Gasteiger partial charge in [0.1, 0.15) is 11.2 Å². The van der Waals surface area contributed by atoms with Crippen LogP contribution in [0.5, 0.6) is 0 Å². The van der Waals surface area contributed by atoms with Gasteiger partial charge in [-0.15, -0.1) is 0 Å². The first-order valence-electron chi connectivity index (χ1n) is 25.8. The van der Waals surface area contributed by atoms with Gasteiger partial charge in [0.25, 0.3) is 0 Å². The summed E-state index contributed by atoms with van der Waals surface area (Å²) in [7, 11) is 0. The van der Waals surface area contributed by atoms with Gasteiger partial charge in [0.05, 0.1) is 11.0 Å². The van der Waals surface area contributed by atoms with E-state index in [1.54, 1.807) is 0 Å². The molecule has 342 valence electrons. The molecule has 2 aromatic heterocycles. The van der Waals surface area contributed by atoms with Crippen molar-refractivity contribution in [1.82, 2.24) is 4.57 Å². The molecule has 2 aliphatic heterocycles. The molecule has 3 nitrogen and oxygen atoms in total. The van der Waals surface area contributed by atoms with Crippen LogP contribution >= 0.6 is 0 Å². The molecule has 5 aliphatic rings. The molecule has 0 radical (unpaired) electrons. The lowest BCUT2D eigenvalue weighted by molar-refractivity contribution is 0.332. The van der Waals surface area contributed by atoms with E-state index in [-0.39, 0.29) is 33.9 Å². The topological polar surface area (TPSA) is 21.3 Å². The second kappa shape index (κ2) is 12.8. The van der Waals surface area contributed by atoms with Crippen molar-refractivity contribution in [1.29, 1.82) is 0 Å². The number of fused-ring (bicyclic) bond motifs is 19. The second-order valence-corrected chi connectivity index (χ2v) is 25.1. The molecule has 10 aromatic rings. The highest BCUT2D eigenvalue weighted by Crippen LogP contribution is 2.57. The maximum atomic E-state index is 7.09. The average molecular weight is 907 g/mol. The Kier molecular flexibility index (Phi) is 7.48. The minimum Gasteiger partial charge on any atom is -0.456 e. The lowest BCUT2D eigenvalue weighted by atomic mass is 9.43. The Morgan fingerprint density at radius 1 is 0.500 bits per heavy atom. The molecule has 0 saturated carbocycles. The zero-order valence-corrected chi connectivity index (χ0v) is 42.5. The Morgan fingerprint density at radius 3 is 1.87 bits per heavy atom. The zero-order chi connectivity index (χ0) is 47.9. The van der Waals surface area contributed by atoms with Crippen LogP contribution in [0.1, 0.15) is 128 Å². The number of nitrogens with zero attached hydrogens (tertiary/aromatic N) is 2. The third-order valence-corrected chi connectivity index (χ3v) is 18.6. The average Bonchev–Trinajstić information content (AvgIpc) is 4.01. The molecule has 0 N–H and O–H groups in total. The van der Waals surface area contributed by atoms with E-state index in [1.165, 1.54) is 146 Å². The maximum absolute atomic E-state index is 7.09. The highest BCUT2D eigenvalue weighted by atomic mass is 16.3. The number of aromatic nitrogens is 1. The van der Waals surface area contributed by atoms with E-state index >= 15 is 0 Å². The van der Waals surface area contributed by atoms with Crippen LogP contribution in [0.2, 0.25) is 0 Å². The van der Waals surface area contributed by atoms with Gasteiger partial charge in [0.2, 0.25) is 0 Å². The van der Waals surface area contributed by atoms with Gasteiger partial charge in [-0.25, -0.2) is 0 Å². The molecule has 0 bridgehead atoms. The predicted octanol–water partition coefficient (Wildman–Crippen LogP) is 16.2. The summed E-state index contributed by atoms with van der Waals surface area (Å²) in [4.78, 5) is 2.72. The number of anilines is 2. The van der Waals surface area contributed by atoms with Gasteiger partial charge in [-0.3, -0.25) is 0 Å². The molecule has 8 aromatic carbocycles. The van der Waals surface area contributed by atoms with E-state index < -0.39 is 0 Å². The standard InChI is InChI=1S/C66H59BN2O/c1-62(2,3)36-20-22-37(23-21-36)69-54-32-45-44-30-50-51(64(6,7)29-28-63(50,4)5)35-57(44)70-56(45)33-43(54)39-24-25-41-59-53(27-26-48-58(59)40-17-13-15-19-47(40)65(48,8)9)68-55-34-49-42(31-52(55)67(69)60(39)61(41)68)38-16-12-14-18-46(38)66(49,10)11/h12-27,30-35H,28-29H2,1-11H3. The first-order chi connectivity index (χ1) is 33.3. The first-order valence-corrected chi connectivity index (χ1v) is 25.8. The number of hydrogen-bond acceptors (Lipinski definition) is 2. The van der Waals surface area contributed by atoms with Gasteiger partial charge in [-0.2, -0.15) is 0 Å². The van der Waals surface area contributed by atoms with Crippen LogP contribution in [0.4, 0.5) is 11.4 Å². The largest absolute Gasteiger partial charge is 0.456 e. The van der Waals surface area contributed by atoms with Crippen molar-refractivity contribution >= 4 is 72.9 Å². The highest BCUT2D eigenvalue weighted by molar-refractivity contribution is 6.93. The van der Waals surface area contributed by atoms with Crippen LogP contribution in [0.15, 0.2) is 138 Å². The number of furan rings is 1. The molecular formula is C66H59BN2O. The fourth-order valence-electron chi connectivity index (χ4n) is 14.6. The van der Waals surface area contributed by atoms with Gasteiger partial charge in [0.15, 0.2) is 0 Å². The Hall–Kier alpha value is -6.78. The number of rotatable bonds is 1. The summed E-state index contributed by atoms with van der Waals surface area (Å²) in [5, 5.41) is 5.08. The minimum absolute atomic E-state index is 0.0209. The summed E-state index contributed by atoms with van der Waals surface area (Å²) in [6.07, 6.45) is 2.34. The number of hydrogen-bond donors (Lipinski definition) is 0. The van der Waals surface area contributed by atoms with Crippen LogP contribution in [0.25, 0.3) is 82.8 Å². The van der Waals surface area contributed by atoms with E-state index in [9.17, 15) is 0 Å². The fourth-order valence-corrected chi connectivity index (χ4v) is 14.6. The molecular weight excluding hydrogens is 848 g/mol. The summed E-state index contributed by atoms with van der Waals surface area (Å²) in [5.41, 5.74) is 28.6. The lowest BCUT2D eigenvalue weighted by Crippen LogP contribution is -2.60. The summed E-state index contributed by atoms with van der Waals surface area (Å²) in [5.74, 6) is 0. The van der Waals surface area contributed by atoms with Crippen molar-refractivity contribution < 1.29 is 4.42 Å². The summed E-state index contributed by atoms with van der Waals surface area (Å²) >= 11 is 0. The van der Waals surface area contributed by atoms with Crippen molar-refractivity contribution in [2.75, 3.05) is 4.81 Å². The van der Waals surface area contributed by atoms with Crippen molar-refractivity contribution in [2.45, 2.75) is 116 Å². The van der Waals surface area contributed by atoms with Crippen molar-refractivity contribution in [2.24, 2.45) is 0 Å². The molecule has 4 heteroatoms. The molecule has 0 unspecified atom stereocenters. The van der Waals surface area contributed by atoms with Gasteiger partial charge < -0.3 is 13.8 Å². The van der Waals surface area contributed by atoms with Crippen molar-refractivity contribution in [3.05, 3.63) is 172 Å². The van der Waals surface area contributed by atoms with Gasteiger partial charge in [-0.1, -0.05) is 161 Å². The Labute approximate surface area is 412 Å². The lowest BCUT2D eigenvalue weighted by Gasteiger charge is -2.42. The Bertz CT molecular complexity index is 4050. The van der Waals surface area contributed by atoms with E-state index in [0.717, 1.165) is 11.2 Å². The molecule has 70 heavy (non-hydrogen) atoms. The van der Waals surface area contributed by atoms with E-state index in [2.05, 4.69) is 219 Å². The van der Waals surface area contributed by atoms with E-state index in [1.807, 2.05) is 0 Å². The van der Waals surface area contributed by atoms with E-state index in [0.29, 0.717) is 0 Å². The van der Waals surface area contributed by atoms with Crippen LogP contribution in [-0.2, 0) is 27.1 Å². The molecule has 0 amide bonds. The zero-order valence-electron chi connectivity index (χ0n) is 42.5. The van der Waals surface area contributed by atoms with Crippen LogP contribution in [-0.4, -0.2) is 11.4 Å². The third kappa shape index (κ3) is 4.93. The minimum atomic E-state index is -0.159.